The number of methoxy groups -OCH3 is 2. The summed E-state index contributed by atoms with van der Waals surface area (Å²) in [6.07, 6.45) is 8.17. The maximum Gasteiger partial charge on any atom is 0.409 e. The van der Waals surface area contributed by atoms with Crippen molar-refractivity contribution in [1.29, 1.82) is 0 Å². The Bertz CT molecular complexity index is 2690. The molecule has 74 heavy (non-hydrogen) atoms. The fraction of sp³-hybridized carbons (Fsp3) is 0.500. The van der Waals surface area contributed by atoms with Crippen molar-refractivity contribution in [1.82, 2.24) is 9.80 Å². The van der Waals surface area contributed by atoms with E-state index in [1.54, 1.807) is 35.8 Å². The number of aliphatic carboxylic acids is 2. The van der Waals surface area contributed by atoms with E-state index in [1.807, 2.05) is 24.3 Å². The Morgan fingerprint density at radius 3 is 1.31 bits per heavy atom. The molecule has 2 aliphatic carbocycles. The van der Waals surface area contributed by atoms with Crippen molar-refractivity contribution >= 4 is 46.9 Å². The second-order valence-corrected chi connectivity index (χ2v) is 21.9. The van der Waals surface area contributed by atoms with Crippen LogP contribution in [0, 0.1) is 61.0 Å². The summed E-state index contributed by atoms with van der Waals surface area (Å²) in [5, 5.41) is 19.0. The highest BCUT2D eigenvalue weighted by atomic mass is 19.1. The lowest BCUT2D eigenvalue weighted by Gasteiger charge is -2.32. The van der Waals surface area contributed by atoms with Gasteiger partial charge in [-0.15, -0.1) is 0 Å². The molecule has 2 saturated carbocycles. The van der Waals surface area contributed by atoms with Crippen LogP contribution in [-0.2, 0) is 57.8 Å². The highest BCUT2D eigenvalue weighted by molar-refractivity contribution is 6.02. The smallest absolute Gasteiger partial charge is 0.409 e. The van der Waals surface area contributed by atoms with Crippen LogP contribution in [0.1, 0.15) is 133 Å². The van der Waals surface area contributed by atoms with E-state index in [-0.39, 0.29) is 71.2 Å². The monoisotopic (exact) mass is 1010 g/mol. The number of rotatable bonds is 10. The largest absolute Gasteiger partial charge is 0.481 e. The Morgan fingerprint density at radius 2 is 0.973 bits per heavy atom. The Morgan fingerprint density at radius 1 is 0.595 bits per heavy atom. The number of nitrogens with zero attached hydrogens (tertiary/aromatic N) is 4. The predicted molar refractivity (Wildman–Crippen MR) is 280 cm³/mol. The Kier molecular flexibility index (Phi) is 15.7. The zero-order valence-corrected chi connectivity index (χ0v) is 43.6. The number of carbonyl (C=O) groups excluding carboxylic acids is 2. The van der Waals surface area contributed by atoms with Crippen LogP contribution in [0.4, 0.5) is 29.7 Å². The maximum atomic E-state index is 14.3. The molecule has 14 heteroatoms. The van der Waals surface area contributed by atoms with Gasteiger partial charge < -0.3 is 29.5 Å². The highest BCUT2D eigenvalue weighted by Crippen LogP contribution is 2.51. The third-order valence-corrected chi connectivity index (χ3v) is 17.2. The van der Waals surface area contributed by atoms with E-state index in [2.05, 4.69) is 38.1 Å². The topological polar surface area (TPSA) is 158 Å². The molecule has 0 spiro atoms. The van der Waals surface area contributed by atoms with E-state index in [9.17, 15) is 38.2 Å². The summed E-state index contributed by atoms with van der Waals surface area (Å²) in [6.45, 7) is 10.1. The van der Waals surface area contributed by atoms with Gasteiger partial charge in [0.2, 0.25) is 0 Å². The second-order valence-electron chi connectivity index (χ2n) is 21.9. The van der Waals surface area contributed by atoms with E-state index in [4.69, 9.17) is 19.5 Å². The van der Waals surface area contributed by atoms with E-state index in [0.29, 0.717) is 63.0 Å². The summed E-state index contributed by atoms with van der Waals surface area (Å²) in [5.74, 6) is -1.41. The number of benzene rings is 4. The number of carboxylic acids is 2. The fourth-order valence-electron chi connectivity index (χ4n) is 13.0. The lowest BCUT2D eigenvalue weighted by Crippen LogP contribution is -2.35. The average Bonchev–Trinajstić information content (AvgIpc) is 4.01. The van der Waals surface area contributed by atoms with Gasteiger partial charge in [-0.25, -0.2) is 18.4 Å². The summed E-state index contributed by atoms with van der Waals surface area (Å²) in [4.78, 5) is 61.7. The Hall–Kier alpha value is -6.44. The third kappa shape index (κ3) is 10.7. The van der Waals surface area contributed by atoms with Gasteiger partial charge in [-0.2, -0.15) is 0 Å². The van der Waals surface area contributed by atoms with Gasteiger partial charge in [-0.1, -0.05) is 62.4 Å². The van der Waals surface area contributed by atoms with Crippen molar-refractivity contribution in [2.24, 2.45) is 45.5 Å². The number of carbonyl (C=O) groups is 4. The number of hydrogen-bond acceptors (Lipinski definition) is 8. The minimum atomic E-state index is -0.710. The van der Waals surface area contributed by atoms with E-state index < -0.39 is 11.9 Å². The Balaban J connectivity index is 0.000000182. The minimum Gasteiger partial charge on any atom is -0.481 e. The van der Waals surface area contributed by atoms with Crippen LogP contribution in [0.25, 0.3) is 0 Å². The van der Waals surface area contributed by atoms with Crippen molar-refractivity contribution in [2.45, 2.75) is 130 Å². The molecule has 2 N–H and O–H groups in total. The average molecular weight is 1010 g/mol. The molecular weight excluding hydrogens is 943 g/mol. The molecule has 0 saturated heterocycles. The molecule has 10 rings (SSSR count). The van der Waals surface area contributed by atoms with Gasteiger partial charge in [0.05, 0.1) is 50.5 Å². The van der Waals surface area contributed by atoms with E-state index in [1.165, 1.54) is 36.5 Å². The number of aryl methyl sites for hydroxylation is 2. The molecule has 2 amide bonds. The highest BCUT2D eigenvalue weighted by Gasteiger charge is 2.42. The van der Waals surface area contributed by atoms with Crippen molar-refractivity contribution in [3.05, 3.63) is 128 Å². The van der Waals surface area contributed by atoms with Crippen molar-refractivity contribution in [2.75, 3.05) is 27.3 Å². The third-order valence-electron chi connectivity index (χ3n) is 17.2. The number of hydrogen-bond donors (Lipinski definition) is 2. The molecular formula is C60H70F2N4O8. The van der Waals surface area contributed by atoms with Gasteiger partial charge in [-0.3, -0.25) is 19.6 Å². The number of amides is 2. The normalized spacial score (nSPS) is 23.6. The van der Waals surface area contributed by atoms with Crippen LogP contribution in [0.3, 0.4) is 0 Å². The van der Waals surface area contributed by atoms with Gasteiger partial charge in [0.1, 0.15) is 11.6 Å². The molecule has 4 aliphatic heterocycles. The summed E-state index contributed by atoms with van der Waals surface area (Å²) in [5.41, 5.74) is 14.3. The van der Waals surface area contributed by atoms with Crippen molar-refractivity contribution in [3.8, 4) is 0 Å². The first kappa shape index (κ1) is 52.4. The van der Waals surface area contributed by atoms with E-state index in [0.717, 1.165) is 96.4 Å². The quantitative estimate of drug-likeness (QED) is 0.159. The number of ether oxygens (including phenoxy) is 2. The maximum absolute atomic E-state index is 14.3. The first-order chi connectivity index (χ1) is 35.5. The van der Waals surface area contributed by atoms with Crippen LogP contribution in [0.5, 0.6) is 0 Å². The van der Waals surface area contributed by atoms with Crippen LogP contribution >= 0.6 is 0 Å². The van der Waals surface area contributed by atoms with E-state index >= 15 is 0 Å². The summed E-state index contributed by atoms with van der Waals surface area (Å²) >= 11 is 0. The number of halogens is 2. The van der Waals surface area contributed by atoms with Crippen LogP contribution in [-0.4, -0.2) is 82.9 Å². The molecule has 2 unspecified atom stereocenters. The number of aliphatic imine (C=N–C) groups is 2. The summed E-state index contributed by atoms with van der Waals surface area (Å²) < 4.78 is 38.6. The van der Waals surface area contributed by atoms with Crippen LogP contribution < -0.4 is 0 Å². The zero-order chi connectivity index (χ0) is 52.5. The molecule has 2 fully saturated rings. The van der Waals surface area contributed by atoms with Crippen molar-refractivity contribution < 1.29 is 47.6 Å². The van der Waals surface area contributed by atoms with Gasteiger partial charge in [0.25, 0.3) is 0 Å². The molecule has 4 heterocycles. The predicted octanol–water partition coefficient (Wildman–Crippen LogP) is 12.4. The summed E-state index contributed by atoms with van der Waals surface area (Å²) in [7, 11) is 2.81. The molecule has 4 aromatic carbocycles. The van der Waals surface area contributed by atoms with Crippen LogP contribution in [0.2, 0.25) is 0 Å². The molecule has 392 valence electrons. The first-order valence-corrected chi connectivity index (χ1v) is 26.6. The molecule has 0 radical (unpaired) electrons. The summed E-state index contributed by atoms with van der Waals surface area (Å²) in [6, 6.07) is 19.7. The zero-order valence-electron chi connectivity index (χ0n) is 43.6. The lowest BCUT2D eigenvalue weighted by atomic mass is 9.72. The van der Waals surface area contributed by atoms with Gasteiger partial charge in [0.15, 0.2) is 0 Å². The molecule has 0 bridgehead atoms. The number of carboxylic acid groups (broad SMARTS) is 2. The van der Waals surface area contributed by atoms with Gasteiger partial charge in [0, 0.05) is 47.5 Å². The van der Waals surface area contributed by atoms with Crippen molar-refractivity contribution in [3.63, 3.8) is 0 Å². The molecule has 6 aliphatic rings. The Labute approximate surface area is 433 Å². The SMILES string of the molecule is COC(=O)N1CCc2ccc3c(c2C1)N=C(C1CCC(C(=O)O)CC1)C3[C@@H](C)Cc1ccc(C)c(F)c1.COC(=O)N1CCc2ccc3c(c2C1)N=C(C1CCC(C(=O)O)CC1)C3[C@H](C)Cc1ccc(C)c(F)c1. The van der Waals surface area contributed by atoms with Gasteiger partial charge >= 0.3 is 24.1 Å². The standard InChI is InChI=1S/2C30H35FN2O4/c2*1-17-4-5-19(15-25(17)31)14-18(2)26-23-11-10-20-12-13-33(30(36)37-3)16-24(20)28(23)32-27(26)21-6-8-22(9-7-21)29(34)35/h2*4-5,10-11,15,18,21-22,26H,6-9,12-14,16H2,1-3H3,(H,34,35)/t2*18-,21?,22?,26?/m10/s1. The first-order valence-electron chi connectivity index (χ1n) is 26.6. The lowest BCUT2D eigenvalue weighted by molar-refractivity contribution is -0.143. The molecule has 4 aromatic rings. The number of fused-ring (bicyclic) bond motifs is 6. The minimum absolute atomic E-state index is 0.0737. The second kappa shape index (κ2) is 22.2. The molecule has 4 atom stereocenters. The fourth-order valence-corrected chi connectivity index (χ4v) is 13.0. The molecule has 12 nitrogen and oxygen atoms in total. The van der Waals surface area contributed by atoms with Crippen LogP contribution in [0.15, 0.2) is 70.6 Å². The van der Waals surface area contributed by atoms with Gasteiger partial charge in [-0.05, 0) is 171 Å². The molecule has 0 aromatic heterocycles.